The van der Waals surface area contributed by atoms with Crippen molar-refractivity contribution < 1.29 is 19.1 Å². The van der Waals surface area contributed by atoms with Crippen LogP contribution in [0.1, 0.15) is 22.5 Å². The molecule has 110 valence electrons. The first-order valence-electron chi connectivity index (χ1n) is 6.65. The molecule has 1 aliphatic rings. The Balaban J connectivity index is 1.94. The summed E-state index contributed by atoms with van der Waals surface area (Å²) in [5.41, 5.74) is 0.173. The van der Waals surface area contributed by atoms with Gasteiger partial charge >= 0.3 is 5.97 Å². The highest BCUT2D eigenvalue weighted by molar-refractivity contribution is 7.99. The minimum Gasteiger partial charge on any atom is -0.479 e. The van der Waals surface area contributed by atoms with Crippen molar-refractivity contribution in [2.75, 3.05) is 11.5 Å². The van der Waals surface area contributed by atoms with E-state index < -0.39 is 17.4 Å². The number of carbonyl (C=O) groups excluding carboxylic acids is 1. The first-order valence-corrected chi connectivity index (χ1v) is 7.81. The minimum atomic E-state index is -1.19. The zero-order chi connectivity index (χ0) is 15.0. The van der Waals surface area contributed by atoms with Gasteiger partial charge in [0.05, 0.1) is 0 Å². The zero-order valence-electron chi connectivity index (χ0n) is 11.5. The maximum atomic E-state index is 12.4. The molecule has 21 heavy (non-hydrogen) atoms. The van der Waals surface area contributed by atoms with E-state index in [4.69, 9.17) is 4.42 Å². The lowest BCUT2D eigenvalue weighted by Crippen LogP contribution is -2.54. The molecule has 1 saturated heterocycles. The number of benzene rings is 1. The number of fused-ring (bicyclic) bond motifs is 1. The second-order valence-corrected chi connectivity index (χ2v) is 6.30. The number of para-hydroxylation sites is 1. The Morgan fingerprint density at radius 1 is 1.38 bits per heavy atom. The second-order valence-electron chi connectivity index (χ2n) is 5.20. The van der Waals surface area contributed by atoms with Gasteiger partial charge in [0, 0.05) is 16.7 Å². The van der Waals surface area contributed by atoms with Crippen LogP contribution in [0.4, 0.5) is 0 Å². The predicted octanol–water partition coefficient (Wildman–Crippen LogP) is 2.43. The van der Waals surface area contributed by atoms with E-state index in [9.17, 15) is 14.7 Å². The van der Waals surface area contributed by atoms with Crippen molar-refractivity contribution in [2.24, 2.45) is 0 Å². The maximum absolute atomic E-state index is 12.4. The van der Waals surface area contributed by atoms with Gasteiger partial charge in [0.15, 0.2) is 5.76 Å². The predicted molar refractivity (Wildman–Crippen MR) is 80.7 cm³/mol. The van der Waals surface area contributed by atoms with E-state index in [1.54, 1.807) is 13.0 Å². The number of hydrogen-bond donors (Lipinski definition) is 2. The fraction of sp³-hybridized carbons (Fsp3) is 0.333. The highest BCUT2D eigenvalue weighted by Crippen LogP contribution is 2.30. The summed E-state index contributed by atoms with van der Waals surface area (Å²) < 4.78 is 5.58. The molecule has 2 N–H and O–H groups in total. The number of nitrogens with one attached hydrogen (secondary N) is 1. The SMILES string of the molecule is Cc1c(C(=O)N[C@]2(C(=O)O)CCSC2)oc2ccccc12. The third-order valence-electron chi connectivity index (χ3n) is 3.83. The van der Waals surface area contributed by atoms with Crippen LogP contribution in [0, 0.1) is 6.92 Å². The Morgan fingerprint density at radius 2 is 2.14 bits per heavy atom. The number of aryl methyl sites for hydroxylation is 1. The summed E-state index contributed by atoms with van der Waals surface area (Å²) in [6.07, 6.45) is 0.429. The largest absolute Gasteiger partial charge is 0.479 e. The Morgan fingerprint density at radius 3 is 2.76 bits per heavy atom. The molecular formula is C15H15NO4S. The summed E-state index contributed by atoms with van der Waals surface area (Å²) in [5.74, 6) is -0.157. The monoisotopic (exact) mass is 305 g/mol. The van der Waals surface area contributed by atoms with Crippen molar-refractivity contribution in [1.29, 1.82) is 0 Å². The summed E-state index contributed by atoms with van der Waals surface area (Å²) in [4.78, 5) is 23.9. The first-order chi connectivity index (χ1) is 10.0. The van der Waals surface area contributed by atoms with Crippen LogP contribution < -0.4 is 5.32 Å². The van der Waals surface area contributed by atoms with E-state index in [1.807, 2.05) is 18.2 Å². The van der Waals surface area contributed by atoms with Gasteiger partial charge < -0.3 is 14.8 Å². The van der Waals surface area contributed by atoms with Crippen LogP contribution in [0.5, 0.6) is 0 Å². The lowest BCUT2D eigenvalue weighted by molar-refractivity contribution is -0.143. The summed E-state index contributed by atoms with van der Waals surface area (Å²) >= 11 is 1.53. The molecule has 3 rings (SSSR count). The zero-order valence-corrected chi connectivity index (χ0v) is 12.3. The number of carboxylic acid groups (broad SMARTS) is 1. The molecule has 1 aromatic heterocycles. The van der Waals surface area contributed by atoms with E-state index in [-0.39, 0.29) is 5.76 Å². The van der Waals surface area contributed by atoms with Gasteiger partial charge in [-0.25, -0.2) is 4.79 Å². The molecule has 2 aromatic rings. The van der Waals surface area contributed by atoms with Gasteiger partial charge in [0.1, 0.15) is 11.1 Å². The fourth-order valence-corrected chi connectivity index (χ4v) is 3.88. The van der Waals surface area contributed by atoms with Crippen molar-refractivity contribution in [1.82, 2.24) is 5.32 Å². The van der Waals surface area contributed by atoms with Crippen molar-refractivity contribution in [3.63, 3.8) is 0 Å². The molecule has 2 heterocycles. The molecule has 0 saturated carbocycles. The molecule has 1 atom stereocenters. The molecule has 1 amide bonds. The van der Waals surface area contributed by atoms with Gasteiger partial charge in [0.2, 0.25) is 0 Å². The average molecular weight is 305 g/mol. The van der Waals surface area contributed by atoms with Crippen LogP contribution in [0.2, 0.25) is 0 Å². The smallest absolute Gasteiger partial charge is 0.330 e. The molecular weight excluding hydrogens is 290 g/mol. The van der Waals surface area contributed by atoms with Crippen LogP contribution in [0.15, 0.2) is 28.7 Å². The molecule has 1 aliphatic heterocycles. The van der Waals surface area contributed by atoms with Gasteiger partial charge in [-0.15, -0.1) is 0 Å². The summed E-state index contributed by atoms with van der Waals surface area (Å²) in [6, 6.07) is 7.37. The van der Waals surface area contributed by atoms with Crippen molar-refractivity contribution in [3.8, 4) is 0 Å². The Labute approximate surface area is 125 Å². The molecule has 0 aliphatic carbocycles. The number of furan rings is 1. The quantitative estimate of drug-likeness (QED) is 0.910. The summed E-state index contributed by atoms with van der Waals surface area (Å²) in [5, 5.41) is 12.9. The van der Waals surface area contributed by atoms with Gasteiger partial charge in [-0.2, -0.15) is 11.8 Å². The summed E-state index contributed by atoms with van der Waals surface area (Å²) in [7, 11) is 0. The fourth-order valence-electron chi connectivity index (χ4n) is 2.55. The number of aliphatic carboxylic acids is 1. The number of thioether (sulfide) groups is 1. The first kappa shape index (κ1) is 14.0. The van der Waals surface area contributed by atoms with Crippen LogP contribution >= 0.6 is 11.8 Å². The lowest BCUT2D eigenvalue weighted by atomic mass is 9.99. The third-order valence-corrected chi connectivity index (χ3v) is 5.02. The minimum absolute atomic E-state index is 0.189. The van der Waals surface area contributed by atoms with Crippen LogP contribution in [-0.2, 0) is 4.79 Å². The van der Waals surface area contributed by atoms with Gasteiger partial charge in [-0.1, -0.05) is 18.2 Å². The Hall–Kier alpha value is -1.95. The third kappa shape index (κ3) is 2.29. The molecule has 6 heteroatoms. The van der Waals surface area contributed by atoms with Crippen LogP contribution in [-0.4, -0.2) is 34.0 Å². The van der Waals surface area contributed by atoms with Crippen molar-refractivity contribution in [3.05, 3.63) is 35.6 Å². The number of carboxylic acids is 1. The topological polar surface area (TPSA) is 79.5 Å². The van der Waals surface area contributed by atoms with E-state index in [0.29, 0.717) is 17.8 Å². The second kappa shape index (κ2) is 5.11. The number of hydrogen-bond acceptors (Lipinski definition) is 4. The maximum Gasteiger partial charge on any atom is 0.330 e. The Kier molecular flexibility index (Phi) is 3.41. The van der Waals surface area contributed by atoms with Gasteiger partial charge in [0.25, 0.3) is 5.91 Å². The van der Waals surface area contributed by atoms with E-state index in [1.165, 1.54) is 11.8 Å². The van der Waals surface area contributed by atoms with E-state index in [0.717, 1.165) is 16.7 Å². The van der Waals surface area contributed by atoms with Crippen LogP contribution in [0.25, 0.3) is 11.0 Å². The van der Waals surface area contributed by atoms with E-state index in [2.05, 4.69) is 5.32 Å². The number of carbonyl (C=O) groups is 2. The molecule has 0 spiro atoms. The molecule has 1 aromatic carbocycles. The van der Waals surface area contributed by atoms with Crippen molar-refractivity contribution in [2.45, 2.75) is 18.9 Å². The van der Waals surface area contributed by atoms with Crippen LogP contribution in [0.3, 0.4) is 0 Å². The highest BCUT2D eigenvalue weighted by atomic mass is 32.2. The van der Waals surface area contributed by atoms with Gasteiger partial charge in [-0.05, 0) is 25.2 Å². The lowest BCUT2D eigenvalue weighted by Gasteiger charge is -2.24. The molecule has 1 fully saturated rings. The molecule has 0 radical (unpaired) electrons. The normalized spacial score (nSPS) is 21.6. The van der Waals surface area contributed by atoms with Crippen molar-refractivity contribution >= 4 is 34.6 Å². The highest BCUT2D eigenvalue weighted by Gasteiger charge is 2.44. The molecule has 0 unspecified atom stereocenters. The Bertz CT molecular complexity index is 716. The van der Waals surface area contributed by atoms with Gasteiger partial charge in [-0.3, -0.25) is 4.79 Å². The van der Waals surface area contributed by atoms with E-state index >= 15 is 0 Å². The standard InChI is InChI=1S/C15H15NO4S/c1-9-10-4-2-3-5-11(10)20-12(9)13(17)16-15(14(18)19)6-7-21-8-15/h2-5H,6-8H2,1H3,(H,16,17)(H,18,19)/t15-/m1/s1. The molecule has 0 bridgehead atoms. The number of rotatable bonds is 3. The average Bonchev–Trinajstić information content (AvgIpc) is 3.05. The molecule has 5 nitrogen and oxygen atoms in total. The summed E-state index contributed by atoms with van der Waals surface area (Å²) in [6.45, 7) is 1.80. The number of amides is 1.